The van der Waals surface area contributed by atoms with E-state index in [1.54, 1.807) is 41.0 Å². The largest absolute Gasteiger partial charge is 0.451 e. The minimum atomic E-state index is -0.335. The van der Waals surface area contributed by atoms with Gasteiger partial charge < -0.3 is 24.1 Å². The maximum absolute atomic E-state index is 12.8. The first-order chi connectivity index (χ1) is 17.0. The Hall–Kier alpha value is -4.40. The maximum atomic E-state index is 12.8. The standard InChI is InChI=1S/C26H24N4O5/c1-17-14-23(35-28-17)26(33)30-12-10-29(11-13-30)24(31)15-18-6-8-20(9-7-18)27-25(32)22-16-19-4-2-3-5-21(19)34-22/h2-9,14,16H,10-13,15H2,1H3,(H,27,32). The lowest BCUT2D eigenvalue weighted by molar-refractivity contribution is -0.131. The van der Waals surface area contributed by atoms with Gasteiger partial charge in [-0.3, -0.25) is 14.4 Å². The van der Waals surface area contributed by atoms with E-state index in [0.717, 1.165) is 10.9 Å². The second-order valence-electron chi connectivity index (χ2n) is 8.48. The summed E-state index contributed by atoms with van der Waals surface area (Å²) in [5, 5.41) is 7.44. The molecule has 0 aliphatic carbocycles. The molecule has 0 unspecified atom stereocenters. The molecule has 3 heterocycles. The average Bonchev–Trinajstić information content (AvgIpc) is 3.51. The van der Waals surface area contributed by atoms with Crippen LogP contribution in [0.15, 0.2) is 69.6 Å². The minimum absolute atomic E-state index is 0.00771. The summed E-state index contributed by atoms with van der Waals surface area (Å²) in [6.07, 6.45) is 0.243. The SMILES string of the molecule is Cc1cc(C(=O)N2CCN(C(=O)Cc3ccc(NC(=O)c4cc5ccccc5o4)cc3)CC2)on1. The number of para-hydroxylation sites is 1. The molecule has 2 aromatic heterocycles. The molecule has 178 valence electrons. The van der Waals surface area contributed by atoms with E-state index < -0.39 is 0 Å². The van der Waals surface area contributed by atoms with Gasteiger partial charge in [0.2, 0.25) is 11.7 Å². The van der Waals surface area contributed by atoms with Crippen LogP contribution in [0.4, 0.5) is 5.69 Å². The Morgan fingerprint density at radius 1 is 0.914 bits per heavy atom. The summed E-state index contributed by atoms with van der Waals surface area (Å²) in [4.78, 5) is 41.2. The van der Waals surface area contributed by atoms with E-state index in [0.29, 0.717) is 43.1 Å². The molecule has 1 aliphatic heterocycles. The average molecular weight is 473 g/mol. The van der Waals surface area contributed by atoms with Crippen LogP contribution in [0.25, 0.3) is 11.0 Å². The van der Waals surface area contributed by atoms with E-state index >= 15 is 0 Å². The molecule has 3 amide bonds. The summed E-state index contributed by atoms with van der Waals surface area (Å²) in [5.74, 6) is -0.0983. The lowest BCUT2D eigenvalue weighted by Crippen LogP contribution is -2.50. The molecule has 0 atom stereocenters. The van der Waals surface area contributed by atoms with Crippen molar-refractivity contribution in [3.8, 4) is 0 Å². The van der Waals surface area contributed by atoms with Gasteiger partial charge in [0.1, 0.15) is 5.58 Å². The Morgan fingerprint density at radius 2 is 1.63 bits per heavy atom. The van der Waals surface area contributed by atoms with Gasteiger partial charge in [-0.25, -0.2) is 0 Å². The number of rotatable bonds is 5. The molecular formula is C26H24N4O5. The lowest BCUT2D eigenvalue weighted by atomic mass is 10.1. The van der Waals surface area contributed by atoms with Crippen molar-refractivity contribution in [3.05, 3.63) is 83.4 Å². The Bertz CT molecular complexity index is 1350. The van der Waals surface area contributed by atoms with E-state index in [1.807, 2.05) is 36.4 Å². The number of nitrogens with one attached hydrogen (secondary N) is 1. The molecule has 0 saturated carbocycles. The molecule has 9 heteroatoms. The van der Waals surface area contributed by atoms with Gasteiger partial charge in [-0.15, -0.1) is 0 Å². The van der Waals surface area contributed by atoms with Gasteiger partial charge >= 0.3 is 0 Å². The first-order valence-corrected chi connectivity index (χ1v) is 11.4. The highest BCUT2D eigenvalue weighted by Gasteiger charge is 2.26. The number of carbonyl (C=O) groups is 3. The highest BCUT2D eigenvalue weighted by Crippen LogP contribution is 2.20. The zero-order chi connectivity index (χ0) is 24.4. The third-order valence-corrected chi connectivity index (χ3v) is 5.97. The summed E-state index contributed by atoms with van der Waals surface area (Å²) < 4.78 is 10.7. The van der Waals surface area contributed by atoms with E-state index in [-0.39, 0.29) is 35.7 Å². The van der Waals surface area contributed by atoms with E-state index in [4.69, 9.17) is 8.94 Å². The number of piperazine rings is 1. The Balaban J connectivity index is 1.13. The molecule has 1 fully saturated rings. The number of aromatic nitrogens is 1. The zero-order valence-electron chi connectivity index (χ0n) is 19.2. The van der Waals surface area contributed by atoms with Crippen LogP contribution in [0, 0.1) is 6.92 Å². The van der Waals surface area contributed by atoms with Gasteiger partial charge in [0.05, 0.1) is 12.1 Å². The Morgan fingerprint density at radius 3 is 2.31 bits per heavy atom. The number of furan rings is 1. The zero-order valence-corrected chi connectivity index (χ0v) is 19.2. The van der Waals surface area contributed by atoms with Crippen molar-refractivity contribution in [2.24, 2.45) is 0 Å². The van der Waals surface area contributed by atoms with Gasteiger partial charge in [-0.2, -0.15) is 0 Å². The van der Waals surface area contributed by atoms with Crippen molar-refractivity contribution < 1.29 is 23.3 Å². The molecule has 9 nitrogen and oxygen atoms in total. The number of hydrogen-bond acceptors (Lipinski definition) is 6. The number of carbonyl (C=O) groups excluding carboxylic acids is 3. The predicted octanol–water partition coefficient (Wildman–Crippen LogP) is 3.51. The number of hydrogen-bond donors (Lipinski definition) is 1. The molecule has 5 rings (SSSR count). The molecule has 35 heavy (non-hydrogen) atoms. The smallest absolute Gasteiger partial charge is 0.292 e. The van der Waals surface area contributed by atoms with Crippen LogP contribution < -0.4 is 5.32 Å². The van der Waals surface area contributed by atoms with Gasteiger partial charge in [0.25, 0.3) is 11.8 Å². The summed E-state index contributed by atoms with van der Waals surface area (Å²) in [5.41, 5.74) is 2.76. The molecule has 1 saturated heterocycles. The molecular weight excluding hydrogens is 448 g/mol. The first-order valence-electron chi connectivity index (χ1n) is 11.4. The molecule has 4 aromatic rings. The number of fused-ring (bicyclic) bond motifs is 1. The highest BCUT2D eigenvalue weighted by atomic mass is 16.5. The van der Waals surface area contributed by atoms with Crippen molar-refractivity contribution in [2.75, 3.05) is 31.5 Å². The monoisotopic (exact) mass is 472 g/mol. The van der Waals surface area contributed by atoms with Crippen molar-refractivity contribution in [1.82, 2.24) is 15.0 Å². The predicted molar refractivity (Wildman–Crippen MR) is 128 cm³/mol. The van der Waals surface area contributed by atoms with E-state index in [1.165, 1.54) is 0 Å². The number of benzene rings is 2. The highest BCUT2D eigenvalue weighted by molar-refractivity contribution is 6.04. The van der Waals surface area contributed by atoms with E-state index in [9.17, 15) is 14.4 Å². The van der Waals surface area contributed by atoms with Crippen molar-refractivity contribution >= 4 is 34.4 Å². The number of nitrogens with zero attached hydrogens (tertiary/aromatic N) is 3. The van der Waals surface area contributed by atoms with Crippen LogP contribution in [0.3, 0.4) is 0 Å². The van der Waals surface area contributed by atoms with Gasteiger partial charge in [0.15, 0.2) is 5.76 Å². The second-order valence-corrected chi connectivity index (χ2v) is 8.48. The van der Waals surface area contributed by atoms with Crippen LogP contribution in [0.1, 0.15) is 32.4 Å². The molecule has 1 aliphatic rings. The molecule has 0 radical (unpaired) electrons. The number of anilines is 1. The van der Waals surface area contributed by atoms with Crippen molar-refractivity contribution in [1.29, 1.82) is 0 Å². The molecule has 0 bridgehead atoms. The minimum Gasteiger partial charge on any atom is -0.451 e. The summed E-state index contributed by atoms with van der Waals surface area (Å²) >= 11 is 0. The number of aryl methyl sites for hydroxylation is 1. The van der Waals surface area contributed by atoms with Crippen LogP contribution in [-0.4, -0.2) is 58.9 Å². The number of amides is 3. The van der Waals surface area contributed by atoms with Crippen LogP contribution in [-0.2, 0) is 11.2 Å². The third kappa shape index (κ3) is 4.93. The fraction of sp³-hybridized carbons (Fsp3) is 0.231. The van der Waals surface area contributed by atoms with E-state index in [2.05, 4.69) is 10.5 Å². The first kappa shape index (κ1) is 22.4. The fourth-order valence-corrected chi connectivity index (χ4v) is 4.06. The second kappa shape index (κ2) is 9.46. The van der Waals surface area contributed by atoms with Crippen LogP contribution in [0.5, 0.6) is 0 Å². The Kier molecular flexibility index (Phi) is 6.05. The topological polar surface area (TPSA) is 109 Å². The van der Waals surface area contributed by atoms with Gasteiger partial charge in [0, 0.05) is 43.3 Å². The molecule has 0 spiro atoms. The van der Waals surface area contributed by atoms with Gasteiger partial charge in [-0.05, 0) is 36.8 Å². The summed E-state index contributed by atoms with van der Waals surface area (Å²) in [6, 6.07) is 17.9. The lowest BCUT2D eigenvalue weighted by Gasteiger charge is -2.34. The molecule has 1 N–H and O–H groups in total. The summed E-state index contributed by atoms with van der Waals surface area (Å²) in [7, 11) is 0. The Labute approximate surface area is 201 Å². The van der Waals surface area contributed by atoms with Crippen LogP contribution in [0.2, 0.25) is 0 Å². The maximum Gasteiger partial charge on any atom is 0.292 e. The summed E-state index contributed by atoms with van der Waals surface area (Å²) in [6.45, 7) is 3.57. The third-order valence-electron chi connectivity index (χ3n) is 5.97. The van der Waals surface area contributed by atoms with Gasteiger partial charge in [-0.1, -0.05) is 35.5 Å². The normalized spacial score (nSPS) is 13.7. The van der Waals surface area contributed by atoms with Crippen LogP contribution >= 0.6 is 0 Å². The quantitative estimate of drug-likeness (QED) is 0.476. The fourth-order valence-electron chi connectivity index (χ4n) is 4.06. The van der Waals surface area contributed by atoms with Crippen molar-refractivity contribution in [3.63, 3.8) is 0 Å². The molecule has 2 aromatic carbocycles. The van der Waals surface area contributed by atoms with Crippen molar-refractivity contribution in [2.45, 2.75) is 13.3 Å².